The zero-order valence-corrected chi connectivity index (χ0v) is 13.1. The molecule has 0 aromatic carbocycles. The van der Waals surface area contributed by atoms with Crippen molar-refractivity contribution in [3.8, 4) is 22.0 Å². The number of hydrogen-bond donors (Lipinski definition) is 2. The summed E-state index contributed by atoms with van der Waals surface area (Å²) in [6.45, 7) is 2.53. The van der Waals surface area contributed by atoms with Crippen molar-refractivity contribution in [2.75, 3.05) is 19.5 Å². The average molecular weight is 316 g/mol. The Morgan fingerprint density at radius 1 is 1.36 bits per heavy atom. The Balaban J connectivity index is 2.07. The van der Waals surface area contributed by atoms with E-state index < -0.39 is 0 Å². The van der Waals surface area contributed by atoms with Gasteiger partial charge in [0.05, 0.1) is 18.5 Å². The second-order valence-electron chi connectivity index (χ2n) is 4.76. The molecule has 22 heavy (non-hydrogen) atoms. The maximum Gasteiger partial charge on any atom is 0.181 e. The molecule has 0 aliphatic heterocycles. The monoisotopic (exact) mass is 316 g/mol. The molecule has 3 rings (SSSR count). The van der Waals surface area contributed by atoms with Gasteiger partial charge in [0.25, 0.3) is 0 Å². The van der Waals surface area contributed by atoms with Crippen molar-refractivity contribution >= 4 is 16.5 Å². The number of nitrogens with one attached hydrogen (secondary N) is 1. The predicted molar refractivity (Wildman–Crippen MR) is 85.5 cm³/mol. The molecule has 7 nitrogen and oxygen atoms in total. The molecule has 3 aromatic heterocycles. The molecule has 8 heteroatoms. The van der Waals surface area contributed by atoms with E-state index in [1.54, 1.807) is 19.5 Å². The van der Waals surface area contributed by atoms with Gasteiger partial charge in [0.1, 0.15) is 4.88 Å². The zero-order chi connectivity index (χ0) is 15.5. The quantitative estimate of drug-likeness (QED) is 0.747. The summed E-state index contributed by atoms with van der Waals surface area (Å²) in [5, 5.41) is 7.59. The summed E-state index contributed by atoms with van der Waals surface area (Å²) in [7, 11) is 1.67. The lowest BCUT2D eigenvalue weighted by atomic mass is 10.1. The molecule has 0 unspecified atom stereocenters. The van der Waals surface area contributed by atoms with E-state index in [4.69, 9.17) is 10.5 Å². The third kappa shape index (κ3) is 2.83. The minimum atomic E-state index is 0.481. The van der Waals surface area contributed by atoms with E-state index in [1.807, 2.05) is 13.0 Å². The van der Waals surface area contributed by atoms with Gasteiger partial charge in [0.15, 0.2) is 11.0 Å². The molecule has 114 valence electrons. The molecular formula is C14H16N6OS. The van der Waals surface area contributed by atoms with E-state index in [0.717, 1.165) is 33.9 Å². The number of aryl methyl sites for hydroxylation is 1. The fourth-order valence-electron chi connectivity index (χ4n) is 2.14. The Labute approximate surface area is 131 Å². The molecule has 0 saturated carbocycles. The second kappa shape index (κ2) is 6.20. The van der Waals surface area contributed by atoms with Crippen molar-refractivity contribution in [1.82, 2.24) is 25.1 Å². The van der Waals surface area contributed by atoms with Crippen LogP contribution in [0.5, 0.6) is 0 Å². The lowest BCUT2D eigenvalue weighted by Crippen LogP contribution is -1.98. The lowest BCUT2D eigenvalue weighted by Gasteiger charge is -2.03. The maximum atomic E-state index is 5.91. The number of thiazole rings is 1. The maximum absolute atomic E-state index is 5.91. The van der Waals surface area contributed by atoms with Crippen LogP contribution in [-0.2, 0) is 11.2 Å². The van der Waals surface area contributed by atoms with E-state index in [9.17, 15) is 0 Å². The van der Waals surface area contributed by atoms with Gasteiger partial charge in [-0.15, -0.1) is 0 Å². The van der Waals surface area contributed by atoms with Crippen molar-refractivity contribution in [2.45, 2.75) is 13.3 Å². The molecule has 0 spiro atoms. The minimum Gasteiger partial charge on any atom is -0.384 e. The predicted octanol–water partition coefficient (Wildman–Crippen LogP) is 2.07. The number of aromatic nitrogens is 5. The molecule has 0 saturated heterocycles. The number of aromatic amines is 1. The van der Waals surface area contributed by atoms with Crippen molar-refractivity contribution in [3.05, 3.63) is 29.8 Å². The first-order chi connectivity index (χ1) is 10.7. The van der Waals surface area contributed by atoms with E-state index in [0.29, 0.717) is 17.6 Å². The molecule has 0 amide bonds. The molecule has 3 N–H and O–H groups in total. The molecule has 0 atom stereocenters. The first-order valence-electron chi connectivity index (χ1n) is 6.77. The number of nitrogens with zero attached hydrogens (tertiary/aromatic N) is 4. The molecule has 0 aliphatic rings. The summed E-state index contributed by atoms with van der Waals surface area (Å²) in [4.78, 5) is 14.1. The molecule has 0 bridgehead atoms. The van der Waals surface area contributed by atoms with Crippen LogP contribution in [0.15, 0.2) is 18.5 Å². The summed E-state index contributed by atoms with van der Waals surface area (Å²) in [5.74, 6) is 0.628. The standard InChI is InChI=1S/C14H16N6OS/c1-8-3-5-16-13(18-8)12-11(19-14(15)22-12)9-7-17-20-10(9)4-6-21-2/h3,5,7H,4,6H2,1-2H3,(H2,15,19)(H,17,20). The van der Waals surface area contributed by atoms with Gasteiger partial charge in [0, 0.05) is 36.7 Å². The Morgan fingerprint density at radius 2 is 2.23 bits per heavy atom. The van der Waals surface area contributed by atoms with Crippen LogP contribution >= 0.6 is 11.3 Å². The number of anilines is 1. The molecule has 3 heterocycles. The molecular weight excluding hydrogens is 300 g/mol. The largest absolute Gasteiger partial charge is 0.384 e. The minimum absolute atomic E-state index is 0.481. The highest BCUT2D eigenvalue weighted by atomic mass is 32.1. The van der Waals surface area contributed by atoms with Gasteiger partial charge in [-0.05, 0) is 13.0 Å². The fourth-order valence-corrected chi connectivity index (χ4v) is 2.93. The zero-order valence-electron chi connectivity index (χ0n) is 12.3. The fraction of sp³-hybridized carbons (Fsp3) is 0.286. The van der Waals surface area contributed by atoms with Crippen LogP contribution in [0.2, 0.25) is 0 Å². The topological polar surface area (TPSA) is 103 Å². The normalized spacial score (nSPS) is 11.0. The number of nitrogens with two attached hydrogens (primary N) is 1. The summed E-state index contributed by atoms with van der Waals surface area (Å²) >= 11 is 1.38. The summed E-state index contributed by atoms with van der Waals surface area (Å²) in [6.07, 6.45) is 4.20. The van der Waals surface area contributed by atoms with Gasteiger partial charge in [-0.2, -0.15) is 5.10 Å². The van der Waals surface area contributed by atoms with E-state index in [1.165, 1.54) is 11.3 Å². The molecule has 0 radical (unpaired) electrons. The Hall–Kier alpha value is -2.32. The number of nitrogen functional groups attached to an aromatic ring is 1. The number of hydrogen-bond acceptors (Lipinski definition) is 7. The van der Waals surface area contributed by atoms with Crippen LogP contribution in [0.1, 0.15) is 11.4 Å². The van der Waals surface area contributed by atoms with Crippen LogP contribution < -0.4 is 5.73 Å². The highest BCUT2D eigenvalue weighted by molar-refractivity contribution is 7.19. The van der Waals surface area contributed by atoms with Crippen molar-refractivity contribution in [1.29, 1.82) is 0 Å². The average Bonchev–Trinajstić information content (AvgIpc) is 3.11. The van der Waals surface area contributed by atoms with Crippen LogP contribution in [0.25, 0.3) is 22.0 Å². The highest BCUT2D eigenvalue weighted by Crippen LogP contribution is 2.37. The first-order valence-corrected chi connectivity index (χ1v) is 7.58. The van der Waals surface area contributed by atoms with Crippen LogP contribution in [0.4, 0.5) is 5.13 Å². The third-order valence-corrected chi connectivity index (χ3v) is 4.05. The van der Waals surface area contributed by atoms with Crippen LogP contribution in [0, 0.1) is 6.92 Å². The van der Waals surface area contributed by atoms with Gasteiger partial charge in [0.2, 0.25) is 0 Å². The van der Waals surface area contributed by atoms with Crippen molar-refractivity contribution < 1.29 is 4.74 Å². The van der Waals surface area contributed by atoms with Gasteiger partial charge in [-0.3, -0.25) is 5.10 Å². The van der Waals surface area contributed by atoms with Crippen molar-refractivity contribution in [3.63, 3.8) is 0 Å². The SMILES string of the molecule is COCCc1[nH]ncc1-c1nc(N)sc1-c1nccc(C)n1. The summed E-state index contributed by atoms with van der Waals surface area (Å²) in [5.41, 5.74) is 9.43. The van der Waals surface area contributed by atoms with Gasteiger partial charge in [-0.1, -0.05) is 11.3 Å². The van der Waals surface area contributed by atoms with Crippen molar-refractivity contribution in [2.24, 2.45) is 0 Å². The second-order valence-corrected chi connectivity index (χ2v) is 5.79. The number of ether oxygens (including phenoxy) is 1. The third-order valence-electron chi connectivity index (χ3n) is 3.17. The molecule has 3 aromatic rings. The summed E-state index contributed by atoms with van der Waals surface area (Å²) < 4.78 is 5.13. The Kier molecular flexibility index (Phi) is 4.12. The number of rotatable bonds is 5. The summed E-state index contributed by atoms with van der Waals surface area (Å²) in [6, 6.07) is 1.86. The Bertz CT molecular complexity index is 781. The van der Waals surface area contributed by atoms with E-state index >= 15 is 0 Å². The first kappa shape index (κ1) is 14.6. The van der Waals surface area contributed by atoms with Gasteiger partial charge in [-0.25, -0.2) is 15.0 Å². The molecule has 0 aliphatic carbocycles. The molecule has 0 fully saturated rings. The smallest absolute Gasteiger partial charge is 0.181 e. The lowest BCUT2D eigenvalue weighted by molar-refractivity contribution is 0.201. The number of methoxy groups -OCH3 is 1. The Morgan fingerprint density at radius 3 is 3.00 bits per heavy atom. The van der Waals surface area contributed by atoms with Crippen LogP contribution in [0.3, 0.4) is 0 Å². The van der Waals surface area contributed by atoms with Gasteiger partial charge < -0.3 is 10.5 Å². The number of H-pyrrole nitrogens is 1. The van der Waals surface area contributed by atoms with E-state index in [-0.39, 0.29) is 0 Å². The highest BCUT2D eigenvalue weighted by Gasteiger charge is 2.19. The van der Waals surface area contributed by atoms with Crippen LogP contribution in [-0.4, -0.2) is 38.9 Å². The van der Waals surface area contributed by atoms with E-state index in [2.05, 4.69) is 25.1 Å². The van der Waals surface area contributed by atoms with Gasteiger partial charge >= 0.3 is 0 Å².